The molecule has 2 aromatic rings. The van der Waals surface area contributed by atoms with Crippen LogP contribution in [0.5, 0.6) is 11.5 Å². The predicted molar refractivity (Wildman–Crippen MR) is 114 cm³/mol. The molecule has 0 unspecified atom stereocenters. The first-order valence-electron chi connectivity index (χ1n) is 9.44. The lowest BCUT2D eigenvalue weighted by Crippen LogP contribution is -3.15. The van der Waals surface area contributed by atoms with Gasteiger partial charge in [0.05, 0.1) is 40.4 Å². The number of hydrogen-bond donors (Lipinski definition) is 2. The number of piperazine rings is 1. The number of rotatable bonds is 7. The maximum atomic E-state index is 13.0. The van der Waals surface area contributed by atoms with E-state index in [1.807, 2.05) is 0 Å². The number of carbonyl (C=O) groups excluding carboxylic acids is 1. The number of sulfonamides is 1. The number of quaternary nitrogens is 1. The second-order valence-corrected chi connectivity index (χ2v) is 9.25. The molecule has 1 aliphatic heterocycles. The molecule has 8 nitrogen and oxygen atoms in total. The van der Waals surface area contributed by atoms with Gasteiger partial charge in [0.15, 0.2) is 6.54 Å². The second-order valence-electron chi connectivity index (χ2n) is 6.90. The fraction of sp³-hybridized carbons (Fsp3) is 0.350. The topological polar surface area (TPSA) is 89.4 Å². The van der Waals surface area contributed by atoms with Crippen molar-refractivity contribution in [2.75, 3.05) is 52.3 Å². The van der Waals surface area contributed by atoms with E-state index in [1.165, 1.54) is 17.5 Å². The SMILES string of the molecule is COc1ccc(NC(=O)C[NH+]2CCN(S(=O)(=O)c3cc(Cl)ccc3OC)CC2)cc1. The van der Waals surface area contributed by atoms with Gasteiger partial charge in [-0.3, -0.25) is 4.79 Å². The number of carbonyl (C=O) groups is 1. The summed E-state index contributed by atoms with van der Waals surface area (Å²) >= 11 is 5.99. The van der Waals surface area contributed by atoms with Crippen LogP contribution in [0.3, 0.4) is 0 Å². The lowest BCUT2D eigenvalue weighted by Gasteiger charge is -2.31. The van der Waals surface area contributed by atoms with Gasteiger partial charge in [-0.1, -0.05) is 11.6 Å². The number of amides is 1. The van der Waals surface area contributed by atoms with Crippen molar-refractivity contribution in [2.45, 2.75) is 4.90 Å². The van der Waals surface area contributed by atoms with E-state index in [9.17, 15) is 13.2 Å². The third-order valence-electron chi connectivity index (χ3n) is 4.96. The molecule has 0 aromatic heterocycles. The normalized spacial score (nSPS) is 15.6. The van der Waals surface area contributed by atoms with Gasteiger partial charge in [-0.25, -0.2) is 8.42 Å². The number of ether oxygens (including phenoxy) is 2. The third kappa shape index (κ3) is 5.23. The maximum Gasteiger partial charge on any atom is 0.279 e. The number of methoxy groups -OCH3 is 2. The van der Waals surface area contributed by atoms with Gasteiger partial charge >= 0.3 is 0 Å². The van der Waals surface area contributed by atoms with Crippen LogP contribution in [0.25, 0.3) is 0 Å². The molecular formula is C20H25ClN3O5S+. The molecule has 0 radical (unpaired) electrons. The molecule has 2 N–H and O–H groups in total. The summed E-state index contributed by atoms with van der Waals surface area (Å²) in [5, 5.41) is 3.18. The monoisotopic (exact) mass is 454 g/mol. The van der Waals surface area contributed by atoms with Gasteiger partial charge in [-0.2, -0.15) is 4.31 Å². The quantitative estimate of drug-likeness (QED) is 0.648. The zero-order valence-corrected chi connectivity index (χ0v) is 18.4. The molecule has 0 bridgehead atoms. The predicted octanol–water partition coefficient (Wildman–Crippen LogP) is 0.885. The summed E-state index contributed by atoms with van der Waals surface area (Å²) in [6.07, 6.45) is 0. The zero-order chi connectivity index (χ0) is 21.7. The van der Waals surface area contributed by atoms with Gasteiger partial charge in [0, 0.05) is 10.7 Å². The molecule has 1 aliphatic rings. The molecule has 3 rings (SSSR count). The van der Waals surface area contributed by atoms with E-state index in [0.717, 1.165) is 4.90 Å². The molecule has 0 spiro atoms. The van der Waals surface area contributed by atoms with Crippen LogP contribution in [0, 0.1) is 0 Å². The van der Waals surface area contributed by atoms with E-state index in [-0.39, 0.29) is 23.1 Å². The highest BCUT2D eigenvalue weighted by Gasteiger charge is 2.33. The molecule has 1 amide bonds. The Bertz CT molecular complexity index is 990. The Balaban J connectivity index is 1.57. The molecule has 1 heterocycles. The zero-order valence-electron chi connectivity index (χ0n) is 16.9. The van der Waals surface area contributed by atoms with Crippen molar-refractivity contribution in [2.24, 2.45) is 0 Å². The Morgan fingerprint density at radius 1 is 1.10 bits per heavy atom. The van der Waals surface area contributed by atoms with Crippen LogP contribution < -0.4 is 19.7 Å². The minimum atomic E-state index is -3.74. The van der Waals surface area contributed by atoms with E-state index >= 15 is 0 Å². The molecule has 1 fully saturated rings. The molecule has 30 heavy (non-hydrogen) atoms. The van der Waals surface area contributed by atoms with Gasteiger partial charge in [-0.05, 0) is 42.5 Å². The molecule has 0 aliphatic carbocycles. The molecule has 2 aromatic carbocycles. The van der Waals surface area contributed by atoms with Crippen molar-refractivity contribution in [1.29, 1.82) is 0 Å². The first kappa shape index (κ1) is 22.4. The lowest BCUT2D eigenvalue weighted by atomic mass is 10.3. The van der Waals surface area contributed by atoms with E-state index < -0.39 is 10.0 Å². The fourth-order valence-corrected chi connectivity index (χ4v) is 5.18. The molecule has 1 saturated heterocycles. The molecule has 10 heteroatoms. The van der Waals surface area contributed by atoms with Crippen molar-refractivity contribution in [1.82, 2.24) is 4.31 Å². The highest BCUT2D eigenvalue weighted by atomic mass is 35.5. The van der Waals surface area contributed by atoms with Crippen molar-refractivity contribution in [3.8, 4) is 11.5 Å². The average Bonchev–Trinajstić information content (AvgIpc) is 2.74. The van der Waals surface area contributed by atoms with Crippen LogP contribution in [0.2, 0.25) is 5.02 Å². The summed E-state index contributed by atoms with van der Waals surface area (Å²) in [6.45, 7) is 1.93. The van der Waals surface area contributed by atoms with Crippen molar-refractivity contribution < 1.29 is 27.6 Å². The third-order valence-corrected chi connectivity index (χ3v) is 7.11. The van der Waals surface area contributed by atoms with Crippen LogP contribution in [-0.2, 0) is 14.8 Å². The first-order chi connectivity index (χ1) is 14.3. The molecule has 0 atom stereocenters. The summed E-state index contributed by atoms with van der Waals surface area (Å²) in [4.78, 5) is 13.4. The van der Waals surface area contributed by atoms with Crippen molar-refractivity contribution in [3.05, 3.63) is 47.5 Å². The summed E-state index contributed by atoms with van der Waals surface area (Å²) in [6, 6.07) is 11.6. The Kier molecular flexibility index (Phi) is 7.19. The smallest absolute Gasteiger partial charge is 0.279 e. The summed E-state index contributed by atoms with van der Waals surface area (Å²) < 4.78 is 37.8. The minimum Gasteiger partial charge on any atom is -0.497 e. The Morgan fingerprint density at radius 2 is 1.77 bits per heavy atom. The van der Waals surface area contributed by atoms with Gasteiger partial charge in [0.25, 0.3) is 5.91 Å². The van der Waals surface area contributed by atoms with E-state index in [1.54, 1.807) is 43.5 Å². The maximum absolute atomic E-state index is 13.0. The average molecular weight is 455 g/mol. The number of benzene rings is 2. The largest absolute Gasteiger partial charge is 0.497 e. The Morgan fingerprint density at radius 3 is 2.37 bits per heavy atom. The van der Waals surface area contributed by atoms with Gasteiger partial charge < -0.3 is 19.7 Å². The van der Waals surface area contributed by atoms with Gasteiger partial charge in [-0.15, -0.1) is 0 Å². The van der Waals surface area contributed by atoms with E-state index in [2.05, 4.69) is 5.32 Å². The number of hydrogen-bond acceptors (Lipinski definition) is 5. The van der Waals surface area contributed by atoms with Crippen LogP contribution in [0.4, 0.5) is 5.69 Å². The van der Waals surface area contributed by atoms with Crippen LogP contribution in [0.1, 0.15) is 0 Å². The second kappa shape index (κ2) is 9.65. The fourth-order valence-electron chi connectivity index (χ4n) is 3.32. The van der Waals surface area contributed by atoms with E-state index in [0.29, 0.717) is 42.6 Å². The first-order valence-corrected chi connectivity index (χ1v) is 11.3. The summed E-state index contributed by atoms with van der Waals surface area (Å²) in [5.74, 6) is 0.850. The van der Waals surface area contributed by atoms with Gasteiger partial charge in [0.1, 0.15) is 16.4 Å². The minimum absolute atomic E-state index is 0.0539. The van der Waals surface area contributed by atoms with Gasteiger partial charge in [0.2, 0.25) is 10.0 Å². The van der Waals surface area contributed by atoms with Crippen LogP contribution in [-0.4, -0.2) is 65.6 Å². The van der Waals surface area contributed by atoms with Crippen LogP contribution >= 0.6 is 11.6 Å². The number of nitrogens with one attached hydrogen (secondary N) is 2. The molecule has 162 valence electrons. The Labute approximate surface area is 181 Å². The molecule has 0 saturated carbocycles. The van der Waals surface area contributed by atoms with Crippen LogP contribution in [0.15, 0.2) is 47.4 Å². The highest BCUT2D eigenvalue weighted by Crippen LogP contribution is 2.29. The lowest BCUT2D eigenvalue weighted by molar-refractivity contribution is -0.895. The standard InChI is InChI=1S/C20H24ClN3O5S/c1-28-17-6-4-16(5-7-17)22-20(25)14-23-9-11-24(12-10-23)30(26,27)19-13-15(21)3-8-18(19)29-2/h3-8,13H,9-12,14H2,1-2H3,(H,22,25)/p+1. The number of halogens is 1. The summed E-state index contributed by atoms with van der Waals surface area (Å²) in [5.41, 5.74) is 0.689. The number of nitrogens with zero attached hydrogens (tertiary/aromatic N) is 1. The molecular weight excluding hydrogens is 430 g/mol. The van der Waals surface area contributed by atoms with Crippen molar-refractivity contribution >= 4 is 33.2 Å². The highest BCUT2D eigenvalue weighted by molar-refractivity contribution is 7.89. The Hall–Kier alpha value is -2.33. The number of anilines is 1. The van der Waals surface area contributed by atoms with E-state index in [4.69, 9.17) is 21.1 Å². The summed E-state index contributed by atoms with van der Waals surface area (Å²) in [7, 11) is -0.731. The van der Waals surface area contributed by atoms with Crippen molar-refractivity contribution in [3.63, 3.8) is 0 Å².